The van der Waals surface area contributed by atoms with Crippen LogP contribution in [0.25, 0.3) is 0 Å². The maximum atomic E-state index is 12.1. The number of rotatable bonds is 3. The van der Waals surface area contributed by atoms with Crippen LogP contribution in [-0.4, -0.2) is 60.4 Å². The number of methoxy groups -OCH3 is 1. The summed E-state index contributed by atoms with van der Waals surface area (Å²) in [4.78, 5) is 38.3. The highest BCUT2D eigenvalue weighted by atomic mass is 16.5. The SMILES string of the molecule is COC(=O)CC1CCCCN1C1CC(=O)N(C)C1=O. The van der Waals surface area contributed by atoms with E-state index < -0.39 is 6.04 Å². The first kappa shape index (κ1) is 14.0. The van der Waals surface area contributed by atoms with Crippen LogP contribution >= 0.6 is 0 Å². The zero-order valence-corrected chi connectivity index (χ0v) is 11.4. The van der Waals surface area contributed by atoms with Gasteiger partial charge in [-0.2, -0.15) is 0 Å². The normalized spacial score (nSPS) is 28.8. The Bertz CT molecular complexity index is 396. The monoisotopic (exact) mass is 268 g/mol. The van der Waals surface area contributed by atoms with Crippen molar-refractivity contribution in [2.45, 2.75) is 44.2 Å². The molecule has 2 heterocycles. The highest BCUT2D eigenvalue weighted by Gasteiger charge is 2.43. The molecule has 2 aliphatic rings. The van der Waals surface area contributed by atoms with Gasteiger partial charge in [-0.15, -0.1) is 0 Å². The van der Waals surface area contributed by atoms with E-state index in [4.69, 9.17) is 4.74 Å². The van der Waals surface area contributed by atoms with E-state index in [1.807, 2.05) is 4.90 Å². The molecule has 0 bridgehead atoms. The lowest BCUT2D eigenvalue weighted by atomic mass is 9.96. The third-order valence-corrected chi connectivity index (χ3v) is 4.06. The van der Waals surface area contributed by atoms with Crippen LogP contribution in [0.3, 0.4) is 0 Å². The number of hydrogen-bond donors (Lipinski definition) is 0. The van der Waals surface area contributed by atoms with Crippen molar-refractivity contribution in [3.8, 4) is 0 Å². The molecule has 2 unspecified atom stereocenters. The van der Waals surface area contributed by atoms with Gasteiger partial charge in [-0.1, -0.05) is 6.42 Å². The van der Waals surface area contributed by atoms with Crippen molar-refractivity contribution >= 4 is 17.8 Å². The molecule has 0 saturated carbocycles. The minimum atomic E-state index is -0.396. The summed E-state index contributed by atoms with van der Waals surface area (Å²) < 4.78 is 4.71. The molecule has 2 amide bonds. The molecular weight excluding hydrogens is 248 g/mol. The fraction of sp³-hybridized carbons (Fsp3) is 0.769. The van der Waals surface area contributed by atoms with Crippen LogP contribution < -0.4 is 0 Å². The van der Waals surface area contributed by atoms with E-state index in [1.54, 1.807) is 0 Å². The van der Waals surface area contributed by atoms with E-state index in [9.17, 15) is 14.4 Å². The number of likely N-dealkylation sites (tertiary alicyclic amines) is 2. The number of piperidine rings is 1. The second-order valence-corrected chi connectivity index (χ2v) is 5.18. The Labute approximate surface area is 112 Å². The Morgan fingerprint density at radius 2 is 2.11 bits per heavy atom. The van der Waals surface area contributed by atoms with Crippen molar-refractivity contribution in [1.82, 2.24) is 9.80 Å². The predicted molar refractivity (Wildman–Crippen MR) is 67.2 cm³/mol. The molecule has 0 aliphatic carbocycles. The lowest BCUT2D eigenvalue weighted by Crippen LogP contribution is -2.50. The van der Waals surface area contributed by atoms with Crippen LogP contribution in [-0.2, 0) is 19.1 Å². The molecule has 19 heavy (non-hydrogen) atoms. The van der Waals surface area contributed by atoms with Crippen molar-refractivity contribution in [2.24, 2.45) is 0 Å². The average molecular weight is 268 g/mol. The molecule has 0 aromatic rings. The molecule has 2 fully saturated rings. The van der Waals surface area contributed by atoms with Crippen molar-refractivity contribution in [3.63, 3.8) is 0 Å². The van der Waals surface area contributed by atoms with Gasteiger partial charge in [0.05, 0.1) is 26.0 Å². The fourth-order valence-corrected chi connectivity index (χ4v) is 2.92. The molecule has 6 heteroatoms. The van der Waals surface area contributed by atoms with Crippen molar-refractivity contribution in [3.05, 3.63) is 0 Å². The molecule has 0 N–H and O–H groups in total. The number of likely N-dealkylation sites (N-methyl/N-ethyl adjacent to an activating group) is 1. The van der Waals surface area contributed by atoms with Crippen LogP contribution in [0.5, 0.6) is 0 Å². The van der Waals surface area contributed by atoms with Gasteiger partial charge in [-0.3, -0.25) is 24.2 Å². The van der Waals surface area contributed by atoms with Gasteiger partial charge < -0.3 is 4.74 Å². The minimum Gasteiger partial charge on any atom is -0.469 e. The summed E-state index contributed by atoms with van der Waals surface area (Å²) >= 11 is 0. The second-order valence-electron chi connectivity index (χ2n) is 5.18. The summed E-state index contributed by atoms with van der Waals surface area (Å²) in [5.74, 6) is -0.554. The van der Waals surface area contributed by atoms with Crippen LogP contribution in [0.2, 0.25) is 0 Å². The minimum absolute atomic E-state index is 0.00875. The van der Waals surface area contributed by atoms with E-state index in [0.717, 1.165) is 25.8 Å². The number of imide groups is 1. The Morgan fingerprint density at radius 1 is 1.37 bits per heavy atom. The van der Waals surface area contributed by atoms with Gasteiger partial charge in [0.2, 0.25) is 11.8 Å². The Kier molecular flexibility index (Phi) is 4.19. The fourth-order valence-electron chi connectivity index (χ4n) is 2.92. The van der Waals surface area contributed by atoms with Crippen molar-refractivity contribution in [2.75, 3.05) is 20.7 Å². The van der Waals surface area contributed by atoms with Crippen molar-refractivity contribution in [1.29, 1.82) is 0 Å². The van der Waals surface area contributed by atoms with Gasteiger partial charge in [-0.25, -0.2) is 0 Å². The lowest BCUT2D eigenvalue weighted by Gasteiger charge is -2.38. The number of carbonyl (C=O) groups is 3. The molecule has 0 spiro atoms. The summed E-state index contributed by atoms with van der Waals surface area (Å²) in [7, 11) is 2.89. The second kappa shape index (κ2) is 5.69. The topological polar surface area (TPSA) is 66.9 Å². The molecule has 106 valence electrons. The number of nitrogens with zero attached hydrogens (tertiary/aromatic N) is 2. The molecular formula is C13H20N2O4. The van der Waals surface area contributed by atoms with Gasteiger partial charge in [0.25, 0.3) is 0 Å². The maximum absolute atomic E-state index is 12.1. The first-order chi connectivity index (χ1) is 9.04. The summed E-state index contributed by atoms with van der Waals surface area (Å²) in [6, 6.07) is -0.387. The van der Waals surface area contributed by atoms with Crippen LogP contribution in [0.4, 0.5) is 0 Å². The molecule has 2 rings (SSSR count). The molecule has 0 aromatic carbocycles. The van der Waals surface area contributed by atoms with Gasteiger partial charge in [0, 0.05) is 13.1 Å². The number of amides is 2. The first-order valence-electron chi connectivity index (χ1n) is 6.67. The number of esters is 1. The molecule has 2 atom stereocenters. The first-order valence-corrected chi connectivity index (χ1v) is 6.67. The quantitative estimate of drug-likeness (QED) is 0.539. The molecule has 0 radical (unpaired) electrons. The van der Waals surface area contributed by atoms with E-state index in [2.05, 4.69) is 0 Å². The Morgan fingerprint density at radius 3 is 2.68 bits per heavy atom. The largest absolute Gasteiger partial charge is 0.469 e. The third-order valence-electron chi connectivity index (χ3n) is 4.06. The van der Waals surface area contributed by atoms with E-state index in [-0.39, 0.29) is 36.7 Å². The van der Waals surface area contributed by atoms with Crippen LogP contribution in [0.15, 0.2) is 0 Å². The zero-order valence-electron chi connectivity index (χ0n) is 11.4. The van der Waals surface area contributed by atoms with Crippen molar-refractivity contribution < 1.29 is 19.1 Å². The molecule has 6 nitrogen and oxygen atoms in total. The average Bonchev–Trinajstić information content (AvgIpc) is 2.67. The highest BCUT2D eigenvalue weighted by molar-refractivity contribution is 6.05. The Balaban J connectivity index is 2.09. The van der Waals surface area contributed by atoms with E-state index >= 15 is 0 Å². The number of ether oxygens (including phenoxy) is 1. The van der Waals surface area contributed by atoms with E-state index in [0.29, 0.717) is 0 Å². The zero-order chi connectivity index (χ0) is 14.0. The van der Waals surface area contributed by atoms with Gasteiger partial charge in [0.1, 0.15) is 0 Å². The number of hydrogen-bond acceptors (Lipinski definition) is 5. The van der Waals surface area contributed by atoms with Gasteiger partial charge in [-0.05, 0) is 19.4 Å². The summed E-state index contributed by atoms with van der Waals surface area (Å²) in [6.45, 7) is 0.763. The van der Waals surface area contributed by atoms with E-state index in [1.165, 1.54) is 19.1 Å². The summed E-state index contributed by atoms with van der Waals surface area (Å²) in [5, 5.41) is 0. The molecule has 0 aromatic heterocycles. The highest BCUT2D eigenvalue weighted by Crippen LogP contribution is 2.27. The maximum Gasteiger partial charge on any atom is 0.307 e. The Hall–Kier alpha value is -1.43. The third kappa shape index (κ3) is 2.78. The summed E-state index contributed by atoms with van der Waals surface area (Å²) in [5.41, 5.74) is 0. The smallest absolute Gasteiger partial charge is 0.307 e. The lowest BCUT2D eigenvalue weighted by molar-refractivity contribution is -0.144. The molecule has 2 aliphatic heterocycles. The number of carbonyl (C=O) groups excluding carboxylic acids is 3. The standard InChI is InChI=1S/C13H20N2O4/c1-14-11(16)8-10(13(14)18)15-6-4-3-5-9(15)7-12(17)19-2/h9-10H,3-8H2,1-2H3. The van der Waals surface area contributed by atoms with Crippen LogP contribution in [0, 0.1) is 0 Å². The van der Waals surface area contributed by atoms with Crippen LogP contribution in [0.1, 0.15) is 32.1 Å². The molecule has 2 saturated heterocycles. The van der Waals surface area contributed by atoms with Gasteiger partial charge in [0.15, 0.2) is 0 Å². The predicted octanol–water partition coefficient (Wildman–Crippen LogP) is 0.161. The summed E-state index contributed by atoms with van der Waals surface area (Å²) in [6.07, 6.45) is 3.43. The van der Waals surface area contributed by atoms with Gasteiger partial charge >= 0.3 is 5.97 Å².